The van der Waals surface area contributed by atoms with Crippen LogP contribution in [0.15, 0.2) is 23.4 Å². The number of methoxy groups -OCH3 is 1. The molecule has 2 N–H and O–H groups in total. The molecule has 0 aliphatic rings. The Balaban J connectivity index is 2.58. The van der Waals surface area contributed by atoms with Crippen LogP contribution in [0.3, 0.4) is 0 Å². The van der Waals surface area contributed by atoms with Gasteiger partial charge in [-0.1, -0.05) is 0 Å². The van der Waals surface area contributed by atoms with Gasteiger partial charge in [0.2, 0.25) is 5.95 Å². The number of rotatable bonds is 3. The number of nitrogen functional groups attached to an aromatic ring is 1. The Morgan fingerprint density at radius 1 is 1.36 bits per heavy atom. The van der Waals surface area contributed by atoms with E-state index < -0.39 is 23.1 Å². The highest BCUT2D eigenvalue weighted by atomic mass is 19.4. The minimum atomic E-state index is -4.89. The van der Waals surface area contributed by atoms with Crippen molar-refractivity contribution in [3.8, 4) is 5.75 Å². The first-order chi connectivity index (χ1) is 10.2. The van der Waals surface area contributed by atoms with Crippen molar-refractivity contribution in [2.75, 3.05) is 12.8 Å². The summed E-state index contributed by atoms with van der Waals surface area (Å²) in [6.45, 7) is 1.65. The molecule has 1 heterocycles. The van der Waals surface area contributed by atoms with Crippen LogP contribution in [0.25, 0.3) is 0 Å². The number of anilines is 1. The van der Waals surface area contributed by atoms with Gasteiger partial charge < -0.3 is 10.5 Å². The first-order valence-corrected chi connectivity index (χ1v) is 6.03. The molecule has 0 aliphatic heterocycles. The number of ether oxygens (including phenoxy) is 1. The van der Waals surface area contributed by atoms with E-state index in [9.17, 15) is 17.6 Å². The SMILES string of the molecule is COc1ccc(F)c(C(F)(F)F)c1C=Nn1cc(C)nc1N. The molecule has 0 unspecified atom stereocenters. The Kier molecular flexibility index (Phi) is 4.07. The fraction of sp³-hybridized carbons (Fsp3) is 0.231. The summed E-state index contributed by atoms with van der Waals surface area (Å²) < 4.78 is 58.6. The van der Waals surface area contributed by atoms with E-state index >= 15 is 0 Å². The van der Waals surface area contributed by atoms with Gasteiger partial charge in [0.15, 0.2) is 0 Å². The van der Waals surface area contributed by atoms with Gasteiger partial charge in [-0.3, -0.25) is 0 Å². The van der Waals surface area contributed by atoms with Gasteiger partial charge in [0.05, 0.1) is 30.8 Å². The summed E-state index contributed by atoms with van der Waals surface area (Å²) >= 11 is 0. The molecule has 0 saturated heterocycles. The third-order valence-electron chi connectivity index (χ3n) is 2.80. The predicted molar refractivity (Wildman–Crippen MR) is 72.3 cm³/mol. The number of aryl methyl sites for hydroxylation is 1. The van der Waals surface area contributed by atoms with Gasteiger partial charge in [-0.15, -0.1) is 0 Å². The molecule has 2 rings (SSSR count). The third kappa shape index (κ3) is 3.02. The van der Waals surface area contributed by atoms with Crippen molar-refractivity contribution in [1.82, 2.24) is 9.66 Å². The van der Waals surface area contributed by atoms with Gasteiger partial charge in [-0.25, -0.2) is 14.1 Å². The Bertz CT molecular complexity index is 722. The monoisotopic (exact) mass is 316 g/mol. The maximum Gasteiger partial charge on any atom is 0.419 e. The molecule has 9 heteroatoms. The molecule has 118 valence electrons. The number of benzene rings is 1. The lowest BCUT2D eigenvalue weighted by Gasteiger charge is -2.14. The lowest BCUT2D eigenvalue weighted by molar-refractivity contribution is -0.140. The average molecular weight is 316 g/mol. The lowest BCUT2D eigenvalue weighted by Crippen LogP contribution is -2.13. The number of nitrogens with two attached hydrogens (primary N) is 1. The molecule has 2 aromatic rings. The fourth-order valence-corrected chi connectivity index (χ4v) is 1.88. The van der Waals surface area contributed by atoms with E-state index in [1.807, 2.05) is 0 Å². The molecule has 0 saturated carbocycles. The van der Waals surface area contributed by atoms with Gasteiger partial charge >= 0.3 is 6.18 Å². The van der Waals surface area contributed by atoms with Crippen molar-refractivity contribution in [2.24, 2.45) is 5.10 Å². The zero-order valence-corrected chi connectivity index (χ0v) is 11.6. The minimum Gasteiger partial charge on any atom is -0.496 e. The highest BCUT2D eigenvalue weighted by molar-refractivity contribution is 5.86. The van der Waals surface area contributed by atoms with Crippen molar-refractivity contribution < 1.29 is 22.3 Å². The van der Waals surface area contributed by atoms with Crippen LogP contribution < -0.4 is 10.5 Å². The van der Waals surface area contributed by atoms with E-state index in [4.69, 9.17) is 10.5 Å². The maximum atomic E-state index is 13.6. The summed E-state index contributed by atoms with van der Waals surface area (Å²) in [6.07, 6.45) is -2.64. The zero-order valence-electron chi connectivity index (χ0n) is 11.6. The van der Waals surface area contributed by atoms with Crippen LogP contribution in [0, 0.1) is 12.7 Å². The van der Waals surface area contributed by atoms with Crippen LogP contribution in [0.1, 0.15) is 16.8 Å². The minimum absolute atomic E-state index is 0.00215. The second kappa shape index (κ2) is 5.66. The zero-order chi connectivity index (χ0) is 16.5. The Labute approximate surface area is 123 Å². The first-order valence-electron chi connectivity index (χ1n) is 6.03. The summed E-state index contributed by atoms with van der Waals surface area (Å²) in [4.78, 5) is 3.85. The summed E-state index contributed by atoms with van der Waals surface area (Å²) in [7, 11) is 1.18. The van der Waals surface area contributed by atoms with Gasteiger partial charge in [0, 0.05) is 0 Å². The molecular formula is C13H12F4N4O. The van der Waals surface area contributed by atoms with Crippen molar-refractivity contribution in [3.05, 3.63) is 41.0 Å². The fourth-order valence-electron chi connectivity index (χ4n) is 1.88. The van der Waals surface area contributed by atoms with E-state index in [1.54, 1.807) is 6.92 Å². The molecule has 0 aliphatic carbocycles. The molecule has 0 atom stereocenters. The Morgan fingerprint density at radius 2 is 2.05 bits per heavy atom. The molecule has 1 aromatic heterocycles. The van der Waals surface area contributed by atoms with Crippen LogP contribution in [-0.2, 0) is 6.18 Å². The Morgan fingerprint density at radius 3 is 2.55 bits per heavy atom. The highest BCUT2D eigenvalue weighted by Crippen LogP contribution is 2.37. The normalized spacial score (nSPS) is 12.1. The number of halogens is 4. The maximum absolute atomic E-state index is 13.6. The number of hydrogen-bond acceptors (Lipinski definition) is 4. The topological polar surface area (TPSA) is 65.4 Å². The molecule has 0 fully saturated rings. The molecule has 0 amide bonds. The van der Waals surface area contributed by atoms with Crippen LogP contribution in [0.5, 0.6) is 5.75 Å². The van der Waals surface area contributed by atoms with Crippen LogP contribution in [-0.4, -0.2) is 23.0 Å². The molecule has 0 spiro atoms. The van der Waals surface area contributed by atoms with Gasteiger partial charge in [-0.05, 0) is 19.1 Å². The molecule has 1 aromatic carbocycles. The molecule has 22 heavy (non-hydrogen) atoms. The molecular weight excluding hydrogens is 304 g/mol. The van der Waals surface area contributed by atoms with Gasteiger partial charge in [0.25, 0.3) is 0 Å². The van der Waals surface area contributed by atoms with Crippen molar-refractivity contribution in [2.45, 2.75) is 13.1 Å². The van der Waals surface area contributed by atoms with Crippen molar-refractivity contribution >= 4 is 12.2 Å². The first kappa shape index (κ1) is 15.8. The van der Waals surface area contributed by atoms with E-state index in [1.165, 1.54) is 13.3 Å². The molecule has 5 nitrogen and oxygen atoms in total. The van der Waals surface area contributed by atoms with Crippen molar-refractivity contribution in [3.63, 3.8) is 0 Å². The smallest absolute Gasteiger partial charge is 0.419 e. The Hall–Kier alpha value is -2.58. The predicted octanol–water partition coefficient (Wildman–Crippen LogP) is 2.82. The lowest BCUT2D eigenvalue weighted by atomic mass is 10.1. The van der Waals surface area contributed by atoms with Crippen LogP contribution >= 0.6 is 0 Å². The number of nitrogens with zero attached hydrogens (tertiary/aromatic N) is 3. The number of imidazole rings is 1. The third-order valence-corrected chi connectivity index (χ3v) is 2.80. The van der Waals surface area contributed by atoms with E-state index in [-0.39, 0.29) is 11.7 Å². The van der Waals surface area contributed by atoms with E-state index in [2.05, 4.69) is 10.1 Å². The number of aromatic nitrogens is 2. The second-order valence-corrected chi connectivity index (χ2v) is 4.37. The highest BCUT2D eigenvalue weighted by Gasteiger charge is 2.38. The standard InChI is InChI=1S/C13H12F4N4O/c1-7-6-21(12(18)20-7)19-5-8-10(22-2)4-3-9(14)11(8)13(15,16)17/h3-6H,1-2H3,(H2,18,20). The van der Waals surface area contributed by atoms with Crippen molar-refractivity contribution in [1.29, 1.82) is 0 Å². The molecule has 0 radical (unpaired) electrons. The summed E-state index contributed by atoms with van der Waals surface area (Å²) in [5.41, 5.74) is 4.10. The van der Waals surface area contributed by atoms with E-state index in [0.29, 0.717) is 11.8 Å². The molecule has 0 bridgehead atoms. The average Bonchev–Trinajstić information content (AvgIpc) is 2.73. The number of alkyl halides is 3. The summed E-state index contributed by atoms with van der Waals surface area (Å²) in [5.74, 6) is -1.57. The van der Waals surface area contributed by atoms with Gasteiger partial charge in [0.1, 0.15) is 17.1 Å². The van der Waals surface area contributed by atoms with Crippen LogP contribution in [0.4, 0.5) is 23.5 Å². The van der Waals surface area contributed by atoms with E-state index in [0.717, 1.165) is 17.0 Å². The summed E-state index contributed by atoms with van der Waals surface area (Å²) in [6, 6.07) is 1.78. The van der Waals surface area contributed by atoms with Gasteiger partial charge in [-0.2, -0.15) is 18.3 Å². The second-order valence-electron chi connectivity index (χ2n) is 4.37. The largest absolute Gasteiger partial charge is 0.496 e. The van der Waals surface area contributed by atoms with Crippen LogP contribution in [0.2, 0.25) is 0 Å². The number of hydrogen-bond donors (Lipinski definition) is 1. The summed E-state index contributed by atoms with van der Waals surface area (Å²) in [5, 5.41) is 3.78. The quantitative estimate of drug-likeness (QED) is 0.699.